The van der Waals surface area contributed by atoms with Crippen LogP contribution in [-0.4, -0.2) is 17.9 Å². The lowest BCUT2D eigenvalue weighted by Crippen LogP contribution is -2.18. The fourth-order valence-electron chi connectivity index (χ4n) is 4.17. The Morgan fingerprint density at radius 2 is 1.67 bits per heavy atom. The zero-order valence-electron chi connectivity index (χ0n) is 16.7. The van der Waals surface area contributed by atoms with Gasteiger partial charge in [0.1, 0.15) is 11.5 Å². The molecular weight excluding hydrogens is 372 g/mol. The van der Waals surface area contributed by atoms with E-state index in [2.05, 4.69) is 42.5 Å². The predicted octanol–water partition coefficient (Wildman–Crippen LogP) is 5.91. The molecular formula is C26H22N2O2. The van der Waals surface area contributed by atoms with Crippen LogP contribution in [-0.2, 0) is 0 Å². The minimum atomic E-state index is 0.0119. The van der Waals surface area contributed by atoms with Crippen molar-refractivity contribution in [2.75, 3.05) is 12.1 Å². The van der Waals surface area contributed by atoms with Gasteiger partial charge in [-0.15, -0.1) is 0 Å². The van der Waals surface area contributed by atoms with Gasteiger partial charge in [-0.1, -0.05) is 60.7 Å². The van der Waals surface area contributed by atoms with E-state index in [0.29, 0.717) is 6.42 Å². The number of para-hydroxylation sites is 1. The van der Waals surface area contributed by atoms with Crippen LogP contribution in [0, 0.1) is 0 Å². The summed E-state index contributed by atoms with van der Waals surface area (Å²) in [5, 5.41) is 19.9. The third-order valence-corrected chi connectivity index (χ3v) is 5.63. The van der Waals surface area contributed by atoms with Crippen LogP contribution in [0.4, 0.5) is 5.69 Å². The number of hydrazone groups is 1. The van der Waals surface area contributed by atoms with Gasteiger partial charge >= 0.3 is 0 Å². The lowest BCUT2D eigenvalue weighted by atomic mass is 9.93. The van der Waals surface area contributed by atoms with Crippen molar-refractivity contribution in [3.8, 4) is 11.5 Å². The van der Waals surface area contributed by atoms with E-state index in [1.807, 2.05) is 47.5 Å². The molecule has 1 aliphatic heterocycles. The monoisotopic (exact) mass is 394 g/mol. The smallest absolute Gasteiger partial charge is 0.124 e. The maximum Gasteiger partial charge on any atom is 0.124 e. The molecule has 0 amide bonds. The maximum atomic E-state index is 10.4. The Hall–Kier alpha value is -3.79. The number of methoxy groups -OCH3 is 1. The molecule has 4 heteroatoms. The first-order valence-corrected chi connectivity index (χ1v) is 10.0. The molecule has 1 heterocycles. The molecule has 148 valence electrons. The topological polar surface area (TPSA) is 45.1 Å². The van der Waals surface area contributed by atoms with Crippen molar-refractivity contribution in [3.63, 3.8) is 0 Å². The largest absolute Gasteiger partial charge is 0.507 e. The van der Waals surface area contributed by atoms with Crippen LogP contribution in [0.3, 0.4) is 0 Å². The second kappa shape index (κ2) is 7.56. The molecule has 1 N–H and O–H groups in total. The van der Waals surface area contributed by atoms with Gasteiger partial charge in [-0.25, -0.2) is 0 Å². The Labute approximate surface area is 175 Å². The molecule has 5 rings (SSSR count). The summed E-state index contributed by atoms with van der Waals surface area (Å²) in [6.07, 6.45) is 0.697. The Morgan fingerprint density at radius 1 is 0.900 bits per heavy atom. The number of aromatic hydroxyl groups is 1. The minimum absolute atomic E-state index is 0.0119. The van der Waals surface area contributed by atoms with Gasteiger partial charge in [0.2, 0.25) is 0 Å². The highest BCUT2D eigenvalue weighted by Crippen LogP contribution is 2.41. The summed E-state index contributed by atoms with van der Waals surface area (Å²) in [7, 11) is 1.67. The third kappa shape index (κ3) is 3.16. The van der Waals surface area contributed by atoms with E-state index in [1.165, 1.54) is 16.3 Å². The highest BCUT2D eigenvalue weighted by Gasteiger charge is 2.32. The van der Waals surface area contributed by atoms with Gasteiger partial charge in [-0.3, -0.25) is 5.01 Å². The number of phenols is 1. The zero-order chi connectivity index (χ0) is 20.5. The molecule has 30 heavy (non-hydrogen) atoms. The third-order valence-electron chi connectivity index (χ3n) is 5.63. The molecule has 0 bridgehead atoms. The lowest BCUT2D eigenvalue weighted by Gasteiger charge is -2.25. The van der Waals surface area contributed by atoms with Crippen LogP contribution in [0.2, 0.25) is 0 Å². The number of anilines is 1. The summed E-state index contributed by atoms with van der Waals surface area (Å²) in [5.74, 6) is 1.04. The summed E-state index contributed by atoms with van der Waals surface area (Å²) in [6.45, 7) is 0. The second-order valence-corrected chi connectivity index (χ2v) is 7.40. The normalized spacial score (nSPS) is 16.0. The molecule has 4 aromatic rings. The first kappa shape index (κ1) is 18.3. The number of hydrogen-bond acceptors (Lipinski definition) is 4. The summed E-state index contributed by atoms with van der Waals surface area (Å²) >= 11 is 0. The van der Waals surface area contributed by atoms with Crippen molar-refractivity contribution >= 4 is 22.2 Å². The van der Waals surface area contributed by atoms with E-state index in [4.69, 9.17) is 9.84 Å². The van der Waals surface area contributed by atoms with Gasteiger partial charge in [0, 0.05) is 18.1 Å². The SMILES string of the molecule is COc1cccc(N2N=C(c3ccccc3O)CC2c2cccc3ccccc23)c1. The van der Waals surface area contributed by atoms with E-state index in [1.54, 1.807) is 13.2 Å². The van der Waals surface area contributed by atoms with Gasteiger partial charge < -0.3 is 9.84 Å². The standard InChI is InChI=1S/C26H22N2O2/c1-30-20-11-7-10-19(16-20)28-25(17-24(27-28)23-13-4-5-15-26(23)29)22-14-6-9-18-8-2-3-12-21(18)22/h2-16,25,29H,17H2,1H3. The summed E-state index contributed by atoms with van der Waals surface area (Å²) in [5.41, 5.74) is 3.81. The minimum Gasteiger partial charge on any atom is -0.507 e. The van der Waals surface area contributed by atoms with Crippen LogP contribution in [0.1, 0.15) is 23.6 Å². The molecule has 0 saturated carbocycles. The Kier molecular flexibility index (Phi) is 4.60. The number of nitrogens with zero attached hydrogens (tertiary/aromatic N) is 2. The van der Waals surface area contributed by atoms with Gasteiger partial charge in [0.25, 0.3) is 0 Å². The first-order chi connectivity index (χ1) is 14.7. The number of ether oxygens (including phenoxy) is 1. The van der Waals surface area contributed by atoms with Crippen LogP contribution >= 0.6 is 0 Å². The molecule has 0 spiro atoms. The van der Waals surface area contributed by atoms with Crippen molar-refractivity contribution in [1.29, 1.82) is 0 Å². The molecule has 1 aliphatic rings. The predicted molar refractivity (Wildman–Crippen MR) is 121 cm³/mol. The number of phenolic OH excluding ortho intramolecular Hbond substituents is 1. The summed E-state index contributed by atoms with van der Waals surface area (Å²) < 4.78 is 5.44. The number of hydrogen-bond donors (Lipinski definition) is 1. The number of fused-ring (bicyclic) bond motifs is 1. The fourth-order valence-corrected chi connectivity index (χ4v) is 4.17. The lowest BCUT2D eigenvalue weighted by molar-refractivity contribution is 0.414. The van der Waals surface area contributed by atoms with Crippen LogP contribution in [0.25, 0.3) is 10.8 Å². The Morgan fingerprint density at radius 3 is 2.53 bits per heavy atom. The molecule has 1 atom stereocenters. The van der Waals surface area contributed by atoms with Crippen LogP contribution in [0.15, 0.2) is 96.1 Å². The van der Waals surface area contributed by atoms with Gasteiger partial charge in [-0.2, -0.15) is 5.10 Å². The molecule has 4 aromatic carbocycles. The average Bonchev–Trinajstić information content (AvgIpc) is 3.24. The molecule has 0 aliphatic carbocycles. The first-order valence-electron chi connectivity index (χ1n) is 10.0. The van der Waals surface area contributed by atoms with Crippen molar-refractivity contribution in [2.45, 2.75) is 12.5 Å². The van der Waals surface area contributed by atoms with E-state index >= 15 is 0 Å². The fraction of sp³-hybridized carbons (Fsp3) is 0.115. The van der Waals surface area contributed by atoms with E-state index in [9.17, 15) is 5.11 Å². The average molecular weight is 394 g/mol. The van der Waals surface area contributed by atoms with Gasteiger partial charge in [-0.05, 0) is 40.6 Å². The van der Waals surface area contributed by atoms with E-state index in [-0.39, 0.29) is 11.8 Å². The van der Waals surface area contributed by atoms with Crippen molar-refractivity contribution in [1.82, 2.24) is 0 Å². The van der Waals surface area contributed by atoms with Crippen LogP contribution in [0.5, 0.6) is 11.5 Å². The Bertz CT molecular complexity index is 1240. The highest BCUT2D eigenvalue weighted by atomic mass is 16.5. The highest BCUT2D eigenvalue weighted by molar-refractivity contribution is 6.05. The van der Waals surface area contributed by atoms with Crippen molar-refractivity contribution < 1.29 is 9.84 Å². The Balaban J connectivity index is 1.66. The van der Waals surface area contributed by atoms with Crippen molar-refractivity contribution in [3.05, 3.63) is 102 Å². The summed E-state index contributed by atoms with van der Waals surface area (Å²) in [4.78, 5) is 0. The molecule has 0 saturated heterocycles. The van der Waals surface area contributed by atoms with Gasteiger partial charge in [0.05, 0.1) is 24.6 Å². The molecule has 4 nitrogen and oxygen atoms in total. The van der Waals surface area contributed by atoms with E-state index in [0.717, 1.165) is 22.7 Å². The van der Waals surface area contributed by atoms with E-state index < -0.39 is 0 Å². The molecule has 1 unspecified atom stereocenters. The van der Waals surface area contributed by atoms with Crippen LogP contribution < -0.4 is 9.75 Å². The van der Waals surface area contributed by atoms with Crippen molar-refractivity contribution in [2.24, 2.45) is 5.10 Å². The summed E-state index contributed by atoms with van der Waals surface area (Å²) in [6, 6.07) is 30.2. The molecule has 0 aromatic heterocycles. The number of rotatable bonds is 4. The molecule has 0 radical (unpaired) electrons. The zero-order valence-corrected chi connectivity index (χ0v) is 16.7. The quantitative estimate of drug-likeness (QED) is 0.468. The second-order valence-electron chi connectivity index (χ2n) is 7.40. The van der Waals surface area contributed by atoms with Gasteiger partial charge in [0.15, 0.2) is 0 Å². The number of benzene rings is 4. The maximum absolute atomic E-state index is 10.4. The molecule has 0 fully saturated rings.